The minimum atomic E-state index is -0.484. The van der Waals surface area contributed by atoms with E-state index in [0.29, 0.717) is 0 Å². The molecule has 0 saturated carbocycles. The van der Waals surface area contributed by atoms with Crippen LogP contribution < -0.4 is 11.1 Å². The lowest BCUT2D eigenvalue weighted by Crippen LogP contribution is -2.50. The van der Waals surface area contributed by atoms with Crippen LogP contribution in [0.5, 0.6) is 0 Å². The summed E-state index contributed by atoms with van der Waals surface area (Å²) in [5.41, 5.74) is 5.78. The first-order valence-corrected chi connectivity index (χ1v) is 5.60. The maximum absolute atomic E-state index is 11.7. The van der Waals surface area contributed by atoms with Crippen LogP contribution in [0.2, 0.25) is 0 Å². The van der Waals surface area contributed by atoms with Crippen molar-refractivity contribution in [2.45, 2.75) is 46.2 Å². The number of nitrogens with one attached hydrogen (secondary N) is 1. The summed E-state index contributed by atoms with van der Waals surface area (Å²) in [5, 5.41) is 11.8. The Morgan fingerprint density at radius 1 is 1.40 bits per heavy atom. The molecule has 0 rings (SSSR count). The molecule has 3 atom stereocenters. The van der Waals surface area contributed by atoms with Crippen molar-refractivity contribution in [1.29, 1.82) is 0 Å². The molecule has 0 bridgehead atoms. The predicted molar refractivity (Wildman–Crippen MR) is 61.3 cm³/mol. The van der Waals surface area contributed by atoms with E-state index in [2.05, 4.69) is 5.32 Å². The molecular weight excluding hydrogens is 192 g/mol. The van der Waals surface area contributed by atoms with Gasteiger partial charge in [-0.05, 0) is 11.8 Å². The lowest BCUT2D eigenvalue weighted by Gasteiger charge is -2.24. The zero-order chi connectivity index (χ0) is 12.0. The highest BCUT2D eigenvalue weighted by Crippen LogP contribution is 2.07. The van der Waals surface area contributed by atoms with Crippen molar-refractivity contribution in [2.75, 3.05) is 6.61 Å². The zero-order valence-corrected chi connectivity index (χ0v) is 10.2. The number of amides is 1. The number of aliphatic hydroxyl groups excluding tert-OH is 1. The van der Waals surface area contributed by atoms with Gasteiger partial charge in [-0.1, -0.05) is 34.1 Å². The first-order chi connectivity index (χ1) is 6.93. The van der Waals surface area contributed by atoms with Gasteiger partial charge in [0.05, 0.1) is 18.7 Å². The minimum absolute atomic E-state index is 0.0450. The molecule has 0 aliphatic rings. The molecule has 0 radical (unpaired) electrons. The molecule has 0 aliphatic carbocycles. The van der Waals surface area contributed by atoms with Crippen molar-refractivity contribution in [1.82, 2.24) is 5.32 Å². The highest BCUT2D eigenvalue weighted by Gasteiger charge is 2.22. The molecule has 90 valence electrons. The summed E-state index contributed by atoms with van der Waals surface area (Å²) in [6.07, 6.45) is 0.875. The van der Waals surface area contributed by atoms with Crippen LogP contribution in [0, 0.1) is 11.8 Å². The molecule has 15 heavy (non-hydrogen) atoms. The van der Waals surface area contributed by atoms with Crippen molar-refractivity contribution in [3.8, 4) is 0 Å². The molecule has 0 aliphatic heterocycles. The van der Waals surface area contributed by atoms with Crippen molar-refractivity contribution in [3.05, 3.63) is 0 Å². The predicted octanol–water partition coefficient (Wildman–Crippen LogP) is 0.493. The Morgan fingerprint density at radius 3 is 2.27 bits per heavy atom. The molecule has 4 nitrogen and oxygen atoms in total. The maximum atomic E-state index is 11.7. The van der Waals surface area contributed by atoms with Crippen molar-refractivity contribution in [2.24, 2.45) is 17.6 Å². The van der Waals surface area contributed by atoms with E-state index < -0.39 is 6.04 Å². The van der Waals surface area contributed by atoms with Crippen LogP contribution in [0.25, 0.3) is 0 Å². The Labute approximate surface area is 92.2 Å². The fourth-order valence-corrected chi connectivity index (χ4v) is 1.21. The Kier molecular flexibility index (Phi) is 6.52. The van der Waals surface area contributed by atoms with Gasteiger partial charge in [-0.3, -0.25) is 4.79 Å². The fourth-order valence-electron chi connectivity index (χ4n) is 1.21. The number of rotatable bonds is 6. The number of hydrogen-bond acceptors (Lipinski definition) is 3. The van der Waals surface area contributed by atoms with Crippen LogP contribution in [0.3, 0.4) is 0 Å². The van der Waals surface area contributed by atoms with Crippen LogP contribution >= 0.6 is 0 Å². The second kappa shape index (κ2) is 6.80. The van der Waals surface area contributed by atoms with Crippen LogP contribution in [0.1, 0.15) is 34.1 Å². The van der Waals surface area contributed by atoms with E-state index in [1.807, 2.05) is 27.7 Å². The van der Waals surface area contributed by atoms with E-state index in [0.717, 1.165) is 6.42 Å². The summed E-state index contributed by atoms with van der Waals surface area (Å²) in [5.74, 6) is 0.205. The average molecular weight is 216 g/mol. The second-order valence-corrected chi connectivity index (χ2v) is 4.45. The summed E-state index contributed by atoms with van der Waals surface area (Å²) in [6.45, 7) is 7.82. The van der Waals surface area contributed by atoms with Crippen molar-refractivity contribution >= 4 is 5.91 Å². The molecule has 0 heterocycles. The smallest absolute Gasteiger partial charge is 0.237 e. The Bertz CT molecular complexity index is 195. The van der Waals surface area contributed by atoms with Crippen LogP contribution in [-0.4, -0.2) is 29.7 Å². The molecule has 0 aromatic heterocycles. The van der Waals surface area contributed by atoms with E-state index in [1.165, 1.54) is 0 Å². The molecular formula is C11H24N2O2. The van der Waals surface area contributed by atoms with Crippen molar-refractivity contribution < 1.29 is 9.90 Å². The summed E-state index contributed by atoms with van der Waals surface area (Å²) >= 11 is 0. The third kappa shape index (κ3) is 4.62. The number of aliphatic hydroxyl groups is 1. The third-order valence-corrected chi connectivity index (χ3v) is 2.89. The fraction of sp³-hybridized carbons (Fsp3) is 0.909. The van der Waals surface area contributed by atoms with Crippen LogP contribution in [0.4, 0.5) is 0 Å². The van der Waals surface area contributed by atoms with E-state index >= 15 is 0 Å². The molecule has 0 aromatic rings. The number of nitrogens with two attached hydrogens (primary N) is 1. The lowest BCUT2D eigenvalue weighted by molar-refractivity contribution is -0.124. The summed E-state index contributed by atoms with van der Waals surface area (Å²) in [7, 11) is 0. The Morgan fingerprint density at radius 2 is 1.93 bits per heavy atom. The number of hydrogen-bond donors (Lipinski definition) is 3. The summed E-state index contributed by atoms with van der Waals surface area (Å²) < 4.78 is 0. The van der Waals surface area contributed by atoms with Gasteiger partial charge >= 0.3 is 0 Å². The Hall–Kier alpha value is -0.610. The molecule has 0 saturated heterocycles. The highest BCUT2D eigenvalue weighted by molar-refractivity contribution is 5.82. The quantitative estimate of drug-likeness (QED) is 0.605. The van der Waals surface area contributed by atoms with E-state index in [-0.39, 0.29) is 30.4 Å². The van der Waals surface area contributed by atoms with Gasteiger partial charge in [-0.25, -0.2) is 0 Å². The van der Waals surface area contributed by atoms with Crippen LogP contribution in [-0.2, 0) is 4.79 Å². The molecule has 0 aromatic carbocycles. The first kappa shape index (κ1) is 14.4. The van der Waals surface area contributed by atoms with Crippen molar-refractivity contribution in [3.63, 3.8) is 0 Å². The van der Waals surface area contributed by atoms with Gasteiger partial charge in [0.2, 0.25) is 5.91 Å². The average Bonchev–Trinajstić information content (AvgIpc) is 2.22. The molecule has 4 N–H and O–H groups in total. The van der Waals surface area contributed by atoms with Crippen LogP contribution in [0.15, 0.2) is 0 Å². The maximum Gasteiger partial charge on any atom is 0.237 e. The van der Waals surface area contributed by atoms with Gasteiger partial charge < -0.3 is 16.2 Å². The summed E-state index contributed by atoms with van der Waals surface area (Å²) in [4.78, 5) is 11.7. The second-order valence-electron chi connectivity index (χ2n) is 4.45. The largest absolute Gasteiger partial charge is 0.394 e. The third-order valence-electron chi connectivity index (χ3n) is 2.89. The van der Waals surface area contributed by atoms with Gasteiger partial charge in [-0.2, -0.15) is 0 Å². The SMILES string of the molecule is CCC(C)[C@H](N)C(=O)N[C@H](CO)C(C)C. The van der Waals surface area contributed by atoms with E-state index in [9.17, 15) is 4.79 Å². The summed E-state index contributed by atoms with van der Waals surface area (Å²) in [6, 6.07) is -0.685. The monoisotopic (exact) mass is 216 g/mol. The molecule has 4 heteroatoms. The number of carbonyl (C=O) groups is 1. The van der Waals surface area contributed by atoms with Gasteiger partial charge in [0, 0.05) is 0 Å². The topological polar surface area (TPSA) is 75.4 Å². The molecule has 1 amide bonds. The van der Waals surface area contributed by atoms with E-state index in [1.54, 1.807) is 0 Å². The molecule has 1 unspecified atom stereocenters. The van der Waals surface area contributed by atoms with Gasteiger partial charge in [0.1, 0.15) is 0 Å². The standard InChI is InChI=1S/C11H24N2O2/c1-5-8(4)10(12)11(15)13-9(6-14)7(2)3/h7-10,14H,5-6,12H2,1-4H3,(H,13,15)/t8?,9-,10+/m1/s1. The normalized spacial score (nSPS) is 17.3. The molecule has 0 spiro atoms. The van der Waals surface area contributed by atoms with Gasteiger partial charge in [-0.15, -0.1) is 0 Å². The molecule has 0 fully saturated rings. The number of carbonyl (C=O) groups excluding carboxylic acids is 1. The van der Waals surface area contributed by atoms with Gasteiger partial charge in [0.25, 0.3) is 0 Å². The highest BCUT2D eigenvalue weighted by atomic mass is 16.3. The van der Waals surface area contributed by atoms with Gasteiger partial charge in [0.15, 0.2) is 0 Å². The minimum Gasteiger partial charge on any atom is -0.394 e. The van der Waals surface area contributed by atoms with E-state index in [4.69, 9.17) is 10.8 Å². The lowest BCUT2D eigenvalue weighted by atomic mass is 9.98. The Balaban J connectivity index is 4.22. The zero-order valence-electron chi connectivity index (χ0n) is 10.2. The first-order valence-electron chi connectivity index (χ1n) is 5.60.